The highest BCUT2D eigenvalue weighted by Crippen LogP contribution is 2.24. The van der Waals surface area contributed by atoms with Crippen molar-refractivity contribution in [2.24, 2.45) is 0 Å². The molecule has 20 heavy (non-hydrogen) atoms. The molecule has 0 saturated carbocycles. The van der Waals surface area contributed by atoms with E-state index in [4.69, 9.17) is 0 Å². The zero-order valence-electron chi connectivity index (χ0n) is 11.8. The fourth-order valence-electron chi connectivity index (χ4n) is 2.05. The number of esters is 1. The second kappa shape index (κ2) is 5.87. The lowest BCUT2D eigenvalue weighted by molar-refractivity contribution is 0.0600. The van der Waals surface area contributed by atoms with Crippen LogP contribution in [0.2, 0.25) is 0 Å². The molecule has 104 valence electrons. The highest BCUT2D eigenvalue weighted by Gasteiger charge is 2.10. The minimum Gasteiger partial charge on any atom is -0.465 e. The highest BCUT2D eigenvalue weighted by atomic mass is 19.1. The lowest BCUT2D eigenvalue weighted by Crippen LogP contribution is -2.02. The number of carbonyl (C=O) groups is 1. The van der Waals surface area contributed by atoms with Crippen molar-refractivity contribution in [1.29, 1.82) is 0 Å². The summed E-state index contributed by atoms with van der Waals surface area (Å²) in [5, 5.41) is 0. The summed E-state index contributed by atoms with van der Waals surface area (Å²) in [6.45, 7) is 4.24. The van der Waals surface area contributed by atoms with E-state index in [0.29, 0.717) is 11.5 Å². The van der Waals surface area contributed by atoms with Crippen LogP contribution in [0.1, 0.15) is 35.7 Å². The number of methoxy groups -OCH3 is 1. The predicted octanol–water partition coefficient (Wildman–Crippen LogP) is 4.40. The SMILES string of the molecule is COC(=O)c1cc(F)cc(-c2ccc(C(C)C)cc2)c1. The summed E-state index contributed by atoms with van der Waals surface area (Å²) in [6, 6.07) is 12.1. The van der Waals surface area contributed by atoms with Gasteiger partial charge >= 0.3 is 5.97 Å². The molecule has 2 rings (SSSR count). The van der Waals surface area contributed by atoms with E-state index in [1.165, 1.54) is 24.8 Å². The maximum Gasteiger partial charge on any atom is 0.337 e. The molecule has 2 aromatic rings. The molecule has 0 unspecified atom stereocenters. The quantitative estimate of drug-likeness (QED) is 0.774. The van der Waals surface area contributed by atoms with Gasteiger partial charge in [0.2, 0.25) is 0 Å². The van der Waals surface area contributed by atoms with Crippen LogP contribution in [0.3, 0.4) is 0 Å². The van der Waals surface area contributed by atoms with E-state index in [0.717, 1.165) is 5.56 Å². The van der Waals surface area contributed by atoms with Crippen LogP contribution >= 0.6 is 0 Å². The van der Waals surface area contributed by atoms with Gasteiger partial charge in [0.25, 0.3) is 0 Å². The molecular weight excluding hydrogens is 255 g/mol. The molecule has 0 fully saturated rings. The van der Waals surface area contributed by atoms with Gasteiger partial charge in [-0.2, -0.15) is 0 Å². The summed E-state index contributed by atoms with van der Waals surface area (Å²) in [7, 11) is 1.28. The summed E-state index contributed by atoms with van der Waals surface area (Å²) in [6.07, 6.45) is 0. The van der Waals surface area contributed by atoms with Crippen LogP contribution in [-0.4, -0.2) is 13.1 Å². The molecule has 0 spiro atoms. The van der Waals surface area contributed by atoms with Crippen LogP contribution in [0, 0.1) is 5.82 Å². The average molecular weight is 272 g/mol. The lowest BCUT2D eigenvalue weighted by Gasteiger charge is -2.08. The number of ether oxygens (including phenoxy) is 1. The number of halogens is 1. The monoisotopic (exact) mass is 272 g/mol. The van der Waals surface area contributed by atoms with Crippen molar-refractivity contribution >= 4 is 5.97 Å². The number of hydrogen-bond donors (Lipinski definition) is 0. The summed E-state index contributed by atoms with van der Waals surface area (Å²) in [5.41, 5.74) is 2.98. The fraction of sp³-hybridized carbons (Fsp3) is 0.235. The van der Waals surface area contributed by atoms with E-state index in [1.54, 1.807) is 6.07 Å². The Morgan fingerprint density at radius 3 is 2.25 bits per heavy atom. The third-order valence-electron chi connectivity index (χ3n) is 3.23. The van der Waals surface area contributed by atoms with E-state index in [-0.39, 0.29) is 5.56 Å². The Kier molecular flexibility index (Phi) is 4.18. The Bertz CT molecular complexity index is 615. The molecule has 2 nitrogen and oxygen atoms in total. The van der Waals surface area contributed by atoms with Gasteiger partial charge in [0.1, 0.15) is 5.82 Å². The van der Waals surface area contributed by atoms with Gasteiger partial charge in [0.05, 0.1) is 12.7 Å². The van der Waals surface area contributed by atoms with Gasteiger partial charge in [0, 0.05) is 0 Å². The zero-order chi connectivity index (χ0) is 14.7. The van der Waals surface area contributed by atoms with Gasteiger partial charge in [-0.1, -0.05) is 38.1 Å². The minimum atomic E-state index is -0.537. The Labute approximate surface area is 118 Å². The normalized spacial score (nSPS) is 10.7. The van der Waals surface area contributed by atoms with Gasteiger partial charge in [0.15, 0.2) is 0 Å². The lowest BCUT2D eigenvalue weighted by atomic mass is 9.98. The molecule has 0 heterocycles. The zero-order valence-corrected chi connectivity index (χ0v) is 11.8. The van der Waals surface area contributed by atoms with E-state index in [2.05, 4.69) is 18.6 Å². The molecule has 0 bridgehead atoms. The van der Waals surface area contributed by atoms with Gasteiger partial charge in [-0.15, -0.1) is 0 Å². The largest absolute Gasteiger partial charge is 0.465 e. The summed E-state index contributed by atoms with van der Waals surface area (Å²) in [5.74, 6) is -0.539. The Morgan fingerprint density at radius 2 is 1.70 bits per heavy atom. The standard InChI is InChI=1S/C17H17FO2/c1-11(2)12-4-6-13(7-5-12)14-8-15(17(19)20-3)10-16(18)9-14/h4-11H,1-3H3. The van der Waals surface area contributed by atoms with Crippen LogP contribution in [0.25, 0.3) is 11.1 Å². The molecule has 0 N–H and O–H groups in total. The van der Waals surface area contributed by atoms with Crippen LogP contribution in [-0.2, 0) is 4.74 Å². The molecule has 0 amide bonds. The van der Waals surface area contributed by atoms with Crippen molar-refractivity contribution in [2.75, 3.05) is 7.11 Å². The Morgan fingerprint density at radius 1 is 1.05 bits per heavy atom. The Balaban J connectivity index is 2.41. The van der Waals surface area contributed by atoms with E-state index < -0.39 is 11.8 Å². The minimum absolute atomic E-state index is 0.218. The summed E-state index contributed by atoms with van der Waals surface area (Å²) < 4.78 is 18.2. The molecule has 0 aliphatic carbocycles. The molecule has 0 radical (unpaired) electrons. The fourth-order valence-corrected chi connectivity index (χ4v) is 2.05. The third-order valence-corrected chi connectivity index (χ3v) is 3.23. The highest BCUT2D eigenvalue weighted by molar-refractivity contribution is 5.91. The van der Waals surface area contributed by atoms with Gasteiger partial charge < -0.3 is 4.74 Å². The topological polar surface area (TPSA) is 26.3 Å². The molecule has 3 heteroatoms. The predicted molar refractivity (Wildman–Crippen MR) is 77.3 cm³/mol. The van der Waals surface area contributed by atoms with Gasteiger partial charge in [-0.05, 0) is 40.8 Å². The van der Waals surface area contributed by atoms with Crippen LogP contribution < -0.4 is 0 Å². The van der Waals surface area contributed by atoms with Crippen molar-refractivity contribution in [1.82, 2.24) is 0 Å². The summed E-state index contributed by atoms with van der Waals surface area (Å²) >= 11 is 0. The first kappa shape index (κ1) is 14.3. The van der Waals surface area contributed by atoms with Crippen molar-refractivity contribution < 1.29 is 13.9 Å². The second-order valence-corrected chi connectivity index (χ2v) is 5.00. The molecule has 0 atom stereocenters. The van der Waals surface area contributed by atoms with Gasteiger partial charge in [-0.3, -0.25) is 0 Å². The van der Waals surface area contributed by atoms with Crippen molar-refractivity contribution in [3.8, 4) is 11.1 Å². The van der Waals surface area contributed by atoms with E-state index in [1.807, 2.05) is 24.3 Å². The first-order valence-electron chi connectivity index (χ1n) is 6.50. The van der Waals surface area contributed by atoms with Crippen molar-refractivity contribution in [3.05, 3.63) is 59.4 Å². The van der Waals surface area contributed by atoms with Crippen molar-refractivity contribution in [2.45, 2.75) is 19.8 Å². The van der Waals surface area contributed by atoms with Crippen LogP contribution in [0.5, 0.6) is 0 Å². The number of hydrogen-bond acceptors (Lipinski definition) is 2. The maximum absolute atomic E-state index is 13.6. The Hall–Kier alpha value is -2.16. The van der Waals surface area contributed by atoms with E-state index in [9.17, 15) is 9.18 Å². The van der Waals surface area contributed by atoms with Gasteiger partial charge in [-0.25, -0.2) is 9.18 Å². The number of carbonyl (C=O) groups excluding carboxylic acids is 1. The molecule has 0 aliphatic rings. The average Bonchev–Trinajstić information content (AvgIpc) is 2.45. The first-order chi connectivity index (χ1) is 9.51. The number of benzene rings is 2. The first-order valence-corrected chi connectivity index (χ1v) is 6.50. The van der Waals surface area contributed by atoms with Crippen LogP contribution in [0.15, 0.2) is 42.5 Å². The maximum atomic E-state index is 13.6. The van der Waals surface area contributed by atoms with Crippen LogP contribution in [0.4, 0.5) is 4.39 Å². The second-order valence-electron chi connectivity index (χ2n) is 5.00. The number of rotatable bonds is 3. The molecule has 2 aromatic carbocycles. The van der Waals surface area contributed by atoms with Crippen molar-refractivity contribution in [3.63, 3.8) is 0 Å². The molecule has 0 aromatic heterocycles. The molecular formula is C17H17FO2. The summed E-state index contributed by atoms with van der Waals surface area (Å²) in [4.78, 5) is 11.5. The molecule has 0 saturated heterocycles. The third kappa shape index (κ3) is 3.05. The molecule has 0 aliphatic heterocycles. The van der Waals surface area contributed by atoms with E-state index >= 15 is 0 Å². The smallest absolute Gasteiger partial charge is 0.337 e.